The Balaban J connectivity index is 1.46. The van der Waals surface area contributed by atoms with Crippen molar-refractivity contribution in [1.82, 2.24) is 24.8 Å². The van der Waals surface area contributed by atoms with E-state index in [4.69, 9.17) is 12.2 Å². The summed E-state index contributed by atoms with van der Waals surface area (Å²) in [6.45, 7) is 8.78. The number of pyridine rings is 2. The van der Waals surface area contributed by atoms with E-state index in [1.165, 1.54) is 0 Å². The molecule has 8 heteroatoms. The van der Waals surface area contributed by atoms with Crippen molar-refractivity contribution in [2.75, 3.05) is 11.9 Å². The van der Waals surface area contributed by atoms with E-state index in [9.17, 15) is 4.79 Å². The van der Waals surface area contributed by atoms with Crippen molar-refractivity contribution in [3.05, 3.63) is 107 Å². The molecule has 2 N–H and O–H groups in total. The molecule has 194 valence electrons. The molecule has 7 nitrogen and oxygen atoms in total. The SMILES string of the molecule is Cc1ccc(NC(=O)CCN2C(=S)N[C@H](c3ccccn3)[C@H]2c2cc(C)n(-c3cc(C)ccn3)c2C)cc1. The Morgan fingerprint density at radius 2 is 1.76 bits per heavy atom. The molecule has 0 saturated carbocycles. The molecule has 4 aromatic rings. The van der Waals surface area contributed by atoms with E-state index in [1.807, 2.05) is 61.7 Å². The monoisotopic (exact) mass is 524 g/mol. The Kier molecular flexibility index (Phi) is 7.24. The number of hydrogen-bond acceptors (Lipinski definition) is 4. The van der Waals surface area contributed by atoms with Crippen molar-refractivity contribution in [2.45, 2.75) is 46.2 Å². The number of aryl methyl sites for hydroxylation is 3. The third-order valence-electron chi connectivity index (χ3n) is 7.03. The lowest BCUT2D eigenvalue weighted by Gasteiger charge is -2.28. The van der Waals surface area contributed by atoms with Gasteiger partial charge in [0.25, 0.3) is 0 Å². The third-order valence-corrected chi connectivity index (χ3v) is 7.38. The largest absolute Gasteiger partial charge is 0.352 e. The van der Waals surface area contributed by atoms with Gasteiger partial charge in [-0.1, -0.05) is 23.8 Å². The second kappa shape index (κ2) is 10.8. The topological polar surface area (TPSA) is 75.1 Å². The summed E-state index contributed by atoms with van der Waals surface area (Å²) < 4.78 is 2.18. The van der Waals surface area contributed by atoms with Crippen LogP contribution in [0, 0.1) is 27.7 Å². The lowest BCUT2D eigenvalue weighted by molar-refractivity contribution is -0.116. The summed E-state index contributed by atoms with van der Waals surface area (Å²) in [5.74, 6) is 0.837. The molecule has 1 aromatic carbocycles. The molecular weight excluding hydrogens is 492 g/mol. The molecule has 0 unspecified atom stereocenters. The maximum absolute atomic E-state index is 12.9. The van der Waals surface area contributed by atoms with Crippen LogP contribution in [0.25, 0.3) is 5.82 Å². The number of rotatable bonds is 7. The van der Waals surface area contributed by atoms with E-state index in [1.54, 1.807) is 6.20 Å². The van der Waals surface area contributed by atoms with Gasteiger partial charge < -0.3 is 20.1 Å². The molecule has 1 aliphatic rings. The van der Waals surface area contributed by atoms with Gasteiger partial charge in [0.15, 0.2) is 5.11 Å². The molecular formula is C30H32N6OS. The van der Waals surface area contributed by atoms with E-state index in [-0.39, 0.29) is 18.0 Å². The van der Waals surface area contributed by atoms with Gasteiger partial charge in [0.2, 0.25) is 5.91 Å². The van der Waals surface area contributed by atoms with E-state index in [0.717, 1.165) is 45.3 Å². The average molecular weight is 525 g/mol. The third kappa shape index (κ3) is 5.17. The first-order valence-electron chi connectivity index (χ1n) is 12.8. The van der Waals surface area contributed by atoms with Crippen molar-refractivity contribution >= 4 is 28.9 Å². The quantitative estimate of drug-likeness (QED) is 0.311. The second-order valence-electron chi connectivity index (χ2n) is 9.84. The summed E-state index contributed by atoms with van der Waals surface area (Å²) >= 11 is 5.82. The Labute approximate surface area is 228 Å². The van der Waals surface area contributed by atoms with Crippen LogP contribution in [0.5, 0.6) is 0 Å². The average Bonchev–Trinajstić information content (AvgIpc) is 3.39. The normalized spacial score (nSPS) is 16.9. The Bertz CT molecular complexity index is 1460. The van der Waals surface area contributed by atoms with E-state index < -0.39 is 0 Å². The zero-order chi connectivity index (χ0) is 26.8. The first-order valence-corrected chi connectivity index (χ1v) is 13.2. The van der Waals surface area contributed by atoms with Crippen LogP contribution in [0.1, 0.15) is 52.3 Å². The standard InChI is InChI=1S/C30H32N6OS/c1-19-8-10-23(11-9-19)33-27(37)13-16-35-29(28(34-30(35)38)25-7-5-6-14-31-25)24-18-21(3)36(22(24)4)26-17-20(2)12-15-32-26/h5-12,14-15,17-18,28-29H,13,16H2,1-4H3,(H,33,37)(H,34,38)/t28-,29-/m1/s1. The molecule has 38 heavy (non-hydrogen) atoms. The second-order valence-corrected chi connectivity index (χ2v) is 10.2. The number of carbonyl (C=O) groups excluding carboxylic acids is 1. The molecule has 0 aliphatic carbocycles. The van der Waals surface area contributed by atoms with Crippen molar-refractivity contribution in [1.29, 1.82) is 0 Å². The number of nitrogens with zero attached hydrogens (tertiary/aromatic N) is 4. The lowest BCUT2D eigenvalue weighted by atomic mass is 9.96. The molecule has 5 rings (SSSR count). The van der Waals surface area contributed by atoms with Crippen LogP contribution < -0.4 is 10.6 Å². The molecule has 0 bridgehead atoms. The highest BCUT2D eigenvalue weighted by Crippen LogP contribution is 2.41. The van der Waals surface area contributed by atoms with E-state index in [2.05, 4.69) is 63.0 Å². The zero-order valence-electron chi connectivity index (χ0n) is 22.1. The molecule has 1 aliphatic heterocycles. The molecule has 2 atom stereocenters. The smallest absolute Gasteiger partial charge is 0.226 e. The predicted octanol–water partition coefficient (Wildman–Crippen LogP) is 5.50. The van der Waals surface area contributed by atoms with Crippen LogP contribution in [0.15, 0.2) is 73.1 Å². The van der Waals surface area contributed by atoms with Crippen LogP contribution in [0.3, 0.4) is 0 Å². The van der Waals surface area contributed by atoms with Gasteiger partial charge in [-0.25, -0.2) is 4.98 Å². The first kappa shape index (κ1) is 25.6. The molecule has 1 amide bonds. The lowest BCUT2D eigenvalue weighted by Crippen LogP contribution is -2.32. The fourth-order valence-electron chi connectivity index (χ4n) is 5.15. The summed E-state index contributed by atoms with van der Waals surface area (Å²) in [6, 6.07) is 19.7. The summed E-state index contributed by atoms with van der Waals surface area (Å²) in [5.41, 5.74) is 7.31. The molecule has 4 heterocycles. The van der Waals surface area contributed by atoms with Crippen molar-refractivity contribution < 1.29 is 4.79 Å². The van der Waals surface area contributed by atoms with E-state index in [0.29, 0.717) is 18.1 Å². The van der Waals surface area contributed by atoms with Crippen LogP contribution in [0.2, 0.25) is 0 Å². The fourth-order valence-corrected chi connectivity index (χ4v) is 5.48. The Hall–Kier alpha value is -4.04. The van der Waals surface area contributed by atoms with Gasteiger partial charge >= 0.3 is 0 Å². The number of carbonyl (C=O) groups is 1. The summed E-state index contributed by atoms with van der Waals surface area (Å²) in [5, 5.41) is 7.11. The van der Waals surface area contributed by atoms with Gasteiger partial charge in [-0.3, -0.25) is 9.78 Å². The van der Waals surface area contributed by atoms with Gasteiger partial charge in [0.05, 0.1) is 17.8 Å². The minimum atomic E-state index is -0.150. The Morgan fingerprint density at radius 1 is 0.974 bits per heavy atom. The van der Waals surface area contributed by atoms with Crippen molar-refractivity contribution in [3.8, 4) is 5.82 Å². The summed E-state index contributed by atoms with van der Waals surface area (Å²) in [4.78, 5) is 24.3. The zero-order valence-corrected chi connectivity index (χ0v) is 22.9. The minimum absolute atomic E-state index is 0.0499. The van der Waals surface area contributed by atoms with Crippen molar-refractivity contribution in [3.63, 3.8) is 0 Å². The van der Waals surface area contributed by atoms with Crippen molar-refractivity contribution in [2.24, 2.45) is 0 Å². The van der Waals surface area contributed by atoms with Crippen LogP contribution in [-0.4, -0.2) is 37.0 Å². The van der Waals surface area contributed by atoms with Gasteiger partial charge in [0, 0.05) is 42.4 Å². The molecule has 0 radical (unpaired) electrons. The number of aromatic nitrogens is 3. The first-order chi connectivity index (χ1) is 18.3. The van der Waals surface area contributed by atoms with Crippen LogP contribution in [-0.2, 0) is 4.79 Å². The number of amides is 1. The highest BCUT2D eigenvalue weighted by Gasteiger charge is 2.41. The van der Waals surface area contributed by atoms with Gasteiger partial charge in [-0.15, -0.1) is 0 Å². The molecule has 1 fully saturated rings. The van der Waals surface area contributed by atoms with Gasteiger partial charge in [-0.2, -0.15) is 0 Å². The summed E-state index contributed by atoms with van der Waals surface area (Å²) in [7, 11) is 0. The van der Waals surface area contributed by atoms with Gasteiger partial charge in [-0.05, 0) is 93.5 Å². The minimum Gasteiger partial charge on any atom is -0.352 e. The highest BCUT2D eigenvalue weighted by atomic mass is 32.1. The highest BCUT2D eigenvalue weighted by molar-refractivity contribution is 7.80. The number of anilines is 1. The number of nitrogens with one attached hydrogen (secondary N) is 2. The van der Waals surface area contributed by atoms with Gasteiger partial charge in [0.1, 0.15) is 5.82 Å². The molecule has 0 spiro atoms. The maximum atomic E-state index is 12.9. The summed E-state index contributed by atoms with van der Waals surface area (Å²) in [6.07, 6.45) is 3.94. The molecule has 3 aromatic heterocycles. The molecule has 1 saturated heterocycles. The number of hydrogen-bond donors (Lipinski definition) is 2. The Morgan fingerprint density at radius 3 is 2.47 bits per heavy atom. The maximum Gasteiger partial charge on any atom is 0.226 e. The number of thiocarbonyl (C=S) groups is 1. The fraction of sp³-hybridized carbons (Fsp3) is 0.267. The van der Waals surface area contributed by atoms with Crippen LogP contribution in [0.4, 0.5) is 5.69 Å². The van der Waals surface area contributed by atoms with Crippen LogP contribution >= 0.6 is 12.2 Å². The predicted molar refractivity (Wildman–Crippen MR) is 154 cm³/mol. The van der Waals surface area contributed by atoms with E-state index >= 15 is 0 Å². The number of benzene rings is 1.